The summed E-state index contributed by atoms with van der Waals surface area (Å²) < 4.78 is 10.1. The van der Waals surface area contributed by atoms with Crippen molar-refractivity contribution >= 4 is 40.5 Å². The van der Waals surface area contributed by atoms with Crippen LogP contribution in [0.15, 0.2) is 18.2 Å². The SMILES string of the molecule is COC(=O)C1CN(c2cccc(Cl)c2C(N)=S)CCO1. The highest BCUT2D eigenvalue weighted by Crippen LogP contribution is 2.28. The van der Waals surface area contributed by atoms with Gasteiger partial charge in [0, 0.05) is 12.2 Å². The predicted molar refractivity (Wildman–Crippen MR) is 81.3 cm³/mol. The summed E-state index contributed by atoms with van der Waals surface area (Å²) in [5.74, 6) is -0.395. The van der Waals surface area contributed by atoms with Crippen LogP contribution < -0.4 is 10.6 Å². The van der Waals surface area contributed by atoms with Crippen LogP contribution in [0.5, 0.6) is 0 Å². The van der Waals surface area contributed by atoms with Crippen LogP contribution in [0, 0.1) is 0 Å². The van der Waals surface area contributed by atoms with Crippen LogP contribution in [0.2, 0.25) is 5.02 Å². The lowest BCUT2D eigenvalue weighted by Crippen LogP contribution is -2.47. The van der Waals surface area contributed by atoms with Crippen molar-refractivity contribution in [1.29, 1.82) is 0 Å². The summed E-state index contributed by atoms with van der Waals surface area (Å²) in [5, 5.41) is 0.496. The number of halogens is 1. The first-order valence-corrected chi connectivity index (χ1v) is 6.86. The third kappa shape index (κ3) is 3.03. The zero-order valence-electron chi connectivity index (χ0n) is 11.0. The molecule has 2 N–H and O–H groups in total. The van der Waals surface area contributed by atoms with E-state index < -0.39 is 12.1 Å². The van der Waals surface area contributed by atoms with Gasteiger partial charge in [0.05, 0.1) is 30.8 Å². The van der Waals surface area contributed by atoms with E-state index in [1.54, 1.807) is 6.07 Å². The fourth-order valence-corrected chi connectivity index (χ4v) is 2.70. The molecule has 0 bridgehead atoms. The normalized spacial score (nSPS) is 18.7. The van der Waals surface area contributed by atoms with E-state index in [4.69, 9.17) is 39.0 Å². The molecule has 1 atom stereocenters. The van der Waals surface area contributed by atoms with Gasteiger partial charge < -0.3 is 20.1 Å². The van der Waals surface area contributed by atoms with Crippen LogP contribution in [-0.2, 0) is 14.3 Å². The minimum Gasteiger partial charge on any atom is -0.467 e. The lowest BCUT2D eigenvalue weighted by atomic mass is 10.1. The molecule has 2 rings (SSSR count). The number of anilines is 1. The number of carbonyl (C=O) groups is 1. The van der Waals surface area contributed by atoms with Gasteiger partial charge in [-0.3, -0.25) is 0 Å². The Hall–Kier alpha value is -1.37. The number of nitrogens with two attached hydrogens (primary N) is 1. The highest BCUT2D eigenvalue weighted by Gasteiger charge is 2.29. The molecule has 1 aliphatic heterocycles. The first-order valence-electron chi connectivity index (χ1n) is 6.07. The maximum atomic E-state index is 11.6. The molecule has 1 aromatic carbocycles. The molecule has 1 heterocycles. The molecule has 20 heavy (non-hydrogen) atoms. The van der Waals surface area contributed by atoms with E-state index in [-0.39, 0.29) is 4.99 Å². The molecule has 0 spiro atoms. The van der Waals surface area contributed by atoms with Crippen molar-refractivity contribution in [2.24, 2.45) is 5.73 Å². The molecule has 5 nitrogen and oxygen atoms in total. The van der Waals surface area contributed by atoms with Crippen LogP contribution in [0.3, 0.4) is 0 Å². The molecule has 7 heteroatoms. The molecule has 1 aliphatic rings. The van der Waals surface area contributed by atoms with Gasteiger partial charge in [0.15, 0.2) is 6.10 Å². The fraction of sp³-hybridized carbons (Fsp3) is 0.385. The van der Waals surface area contributed by atoms with Crippen molar-refractivity contribution in [3.8, 4) is 0 Å². The number of ether oxygens (including phenoxy) is 2. The van der Waals surface area contributed by atoms with Gasteiger partial charge in [0.2, 0.25) is 0 Å². The summed E-state index contributed by atoms with van der Waals surface area (Å²) >= 11 is 11.2. The van der Waals surface area contributed by atoms with Gasteiger partial charge in [-0.25, -0.2) is 4.79 Å². The smallest absolute Gasteiger partial charge is 0.336 e. The number of hydrogen-bond donors (Lipinski definition) is 1. The molecule has 1 aromatic rings. The summed E-state index contributed by atoms with van der Waals surface area (Å²) in [6.45, 7) is 1.43. The summed E-state index contributed by atoms with van der Waals surface area (Å²) in [7, 11) is 1.34. The summed E-state index contributed by atoms with van der Waals surface area (Å²) in [4.78, 5) is 13.8. The van der Waals surface area contributed by atoms with E-state index in [0.717, 1.165) is 5.69 Å². The first kappa shape index (κ1) is 15.0. The van der Waals surface area contributed by atoms with Crippen molar-refractivity contribution in [2.45, 2.75) is 6.10 Å². The molecule has 0 saturated carbocycles. The fourth-order valence-electron chi connectivity index (χ4n) is 2.16. The lowest BCUT2D eigenvalue weighted by molar-refractivity contribution is -0.154. The number of carbonyl (C=O) groups excluding carboxylic acids is 1. The van der Waals surface area contributed by atoms with Gasteiger partial charge in [-0.2, -0.15) is 0 Å². The second kappa shape index (κ2) is 6.39. The zero-order valence-corrected chi connectivity index (χ0v) is 12.5. The third-order valence-electron chi connectivity index (χ3n) is 3.11. The van der Waals surface area contributed by atoms with E-state index in [1.165, 1.54) is 7.11 Å². The van der Waals surface area contributed by atoms with Crippen molar-refractivity contribution in [3.05, 3.63) is 28.8 Å². The van der Waals surface area contributed by atoms with Gasteiger partial charge >= 0.3 is 5.97 Å². The van der Waals surface area contributed by atoms with Crippen LogP contribution in [-0.4, -0.2) is 43.9 Å². The van der Waals surface area contributed by atoms with Crippen LogP contribution in [0.25, 0.3) is 0 Å². The number of esters is 1. The Bertz CT molecular complexity index is 538. The van der Waals surface area contributed by atoms with Crippen molar-refractivity contribution < 1.29 is 14.3 Å². The van der Waals surface area contributed by atoms with E-state index in [9.17, 15) is 4.79 Å². The minimum atomic E-state index is -0.619. The molecule has 1 unspecified atom stereocenters. The molecule has 0 aliphatic carbocycles. The Balaban J connectivity index is 2.30. The average molecular weight is 315 g/mol. The van der Waals surface area contributed by atoms with E-state index in [2.05, 4.69) is 0 Å². The number of benzene rings is 1. The maximum absolute atomic E-state index is 11.6. The standard InChI is InChI=1S/C13H15ClN2O3S/c1-18-13(17)10-7-16(5-6-19-10)9-4-2-3-8(14)11(9)12(15)20/h2-4,10H,5-7H2,1H3,(H2,15,20). The minimum absolute atomic E-state index is 0.228. The Morgan fingerprint density at radius 3 is 3.00 bits per heavy atom. The van der Waals surface area contributed by atoms with E-state index in [1.807, 2.05) is 17.0 Å². The molecule has 0 aromatic heterocycles. The number of thiocarbonyl (C=S) groups is 1. The number of hydrogen-bond acceptors (Lipinski definition) is 5. The van der Waals surface area contributed by atoms with Gasteiger partial charge in [-0.15, -0.1) is 0 Å². The average Bonchev–Trinajstić information content (AvgIpc) is 2.45. The van der Waals surface area contributed by atoms with Crippen molar-refractivity contribution in [2.75, 3.05) is 31.7 Å². The Labute approximate surface area is 127 Å². The summed E-state index contributed by atoms with van der Waals surface area (Å²) in [6.07, 6.45) is -0.619. The van der Waals surface area contributed by atoms with E-state index >= 15 is 0 Å². The quantitative estimate of drug-likeness (QED) is 0.671. The Kier molecular flexibility index (Phi) is 4.80. The largest absolute Gasteiger partial charge is 0.467 e. The maximum Gasteiger partial charge on any atom is 0.336 e. The Morgan fingerprint density at radius 1 is 1.60 bits per heavy atom. The van der Waals surface area contributed by atoms with Gasteiger partial charge in [-0.05, 0) is 12.1 Å². The van der Waals surface area contributed by atoms with Gasteiger partial charge in [-0.1, -0.05) is 29.9 Å². The zero-order chi connectivity index (χ0) is 14.7. The number of morpholine rings is 1. The second-order valence-electron chi connectivity index (χ2n) is 4.33. The molecule has 1 saturated heterocycles. The Morgan fingerprint density at radius 2 is 2.35 bits per heavy atom. The second-order valence-corrected chi connectivity index (χ2v) is 5.17. The lowest BCUT2D eigenvalue weighted by Gasteiger charge is -2.34. The molecular weight excluding hydrogens is 300 g/mol. The number of rotatable bonds is 3. The molecule has 0 radical (unpaired) electrons. The van der Waals surface area contributed by atoms with Gasteiger partial charge in [0.25, 0.3) is 0 Å². The van der Waals surface area contributed by atoms with Gasteiger partial charge in [0.1, 0.15) is 4.99 Å². The van der Waals surface area contributed by atoms with Crippen LogP contribution in [0.1, 0.15) is 5.56 Å². The third-order valence-corrected chi connectivity index (χ3v) is 3.63. The number of methoxy groups -OCH3 is 1. The molecular formula is C13H15ClN2O3S. The summed E-state index contributed by atoms with van der Waals surface area (Å²) in [5.41, 5.74) is 7.17. The van der Waals surface area contributed by atoms with E-state index in [0.29, 0.717) is 30.3 Å². The first-order chi connectivity index (χ1) is 9.54. The predicted octanol–water partition coefficient (Wildman–Crippen LogP) is 1.35. The van der Waals surface area contributed by atoms with Crippen LogP contribution >= 0.6 is 23.8 Å². The topological polar surface area (TPSA) is 64.8 Å². The molecule has 0 amide bonds. The molecule has 108 valence electrons. The van der Waals surface area contributed by atoms with Crippen molar-refractivity contribution in [3.63, 3.8) is 0 Å². The molecule has 1 fully saturated rings. The summed E-state index contributed by atoms with van der Waals surface area (Å²) in [6, 6.07) is 5.43. The number of nitrogens with zero attached hydrogens (tertiary/aromatic N) is 1. The monoisotopic (exact) mass is 314 g/mol. The van der Waals surface area contributed by atoms with Crippen LogP contribution in [0.4, 0.5) is 5.69 Å². The highest BCUT2D eigenvalue weighted by atomic mass is 35.5. The highest BCUT2D eigenvalue weighted by molar-refractivity contribution is 7.80. The van der Waals surface area contributed by atoms with Crippen molar-refractivity contribution in [1.82, 2.24) is 0 Å².